The van der Waals surface area contributed by atoms with Gasteiger partial charge in [-0.2, -0.15) is 13.2 Å². The molecule has 0 N–H and O–H groups in total. The Morgan fingerprint density at radius 3 is 2.52 bits per heavy atom. The van der Waals surface area contributed by atoms with Crippen molar-refractivity contribution in [2.75, 3.05) is 14.2 Å². The van der Waals surface area contributed by atoms with Gasteiger partial charge in [-0.05, 0) is 43.0 Å². The van der Waals surface area contributed by atoms with Gasteiger partial charge in [-0.15, -0.1) is 11.8 Å². The van der Waals surface area contributed by atoms with E-state index in [1.54, 1.807) is 18.0 Å². The number of ether oxygens (including phenoxy) is 1. The minimum atomic E-state index is -4.38. The third-order valence-corrected chi connectivity index (χ3v) is 6.53. The van der Waals surface area contributed by atoms with E-state index in [4.69, 9.17) is 4.74 Å². The molecule has 1 amide bonds. The summed E-state index contributed by atoms with van der Waals surface area (Å²) in [5, 5.41) is 0.161. The molecule has 4 nitrogen and oxygen atoms in total. The Balaban J connectivity index is 1.77. The quantitative estimate of drug-likeness (QED) is 0.558. The van der Waals surface area contributed by atoms with E-state index in [2.05, 4.69) is 0 Å². The number of esters is 1. The van der Waals surface area contributed by atoms with E-state index in [1.807, 2.05) is 0 Å². The van der Waals surface area contributed by atoms with Crippen molar-refractivity contribution in [1.29, 1.82) is 0 Å². The molecule has 0 spiro atoms. The lowest BCUT2D eigenvalue weighted by Crippen LogP contribution is -2.51. The number of carbonyl (C=O) groups excluding carboxylic acids is 2. The van der Waals surface area contributed by atoms with Crippen LogP contribution in [-0.4, -0.2) is 42.2 Å². The highest BCUT2D eigenvalue weighted by Crippen LogP contribution is 2.43. The second-order valence-corrected chi connectivity index (χ2v) is 8.08. The minimum Gasteiger partial charge on any atom is -0.469 e. The van der Waals surface area contributed by atoms with Gasteiger partial charge in [0.1, 0.15) is 0 Å². The number of halogens is 3. The number of hydrogen-bond donors (Lipinski definition) is 0. The van der Waals surface area contributed by atoms with E-state index < -0.39 is 11.7 Å². The first-order valence-corrected chi connectivity index (χ1v) is 9.49. The highest BCUT2D eigenvalue weighted by Gasteiger charge is 2.43. The summed E-state index contributed by atoms with van der Waals surface area (Å²) in [4.78, 5) is 26.7. The molecule has 0 aromatic heterocycles. The van der Waals surface area contributed by atoms with Crippen LogP contribution in [0, 0.1) is 5.92 Å². The highest BCUT2D eigenvalue weighted by atomic mass is 32.2. The number of alkyl halides is 3. The Morgan fingerprint density at radius 2 is 1.93 bits per heavy atom. The van der Waals surface area contributed by atoms with Crippen LogP contribution in [0.1, 0.15) is 30.4 Å². The monoisotopic (exact) mass is 399 g/mol. The van der Waals surface area contributed by atoms with Crippen LogP contribution in [0.25, 0.3) is 6.08 Å². The lowest BCUT2D eigenvalue weighted by Gasteiger charge is -2.44. The second kappa shape index (κ2) is 7.58. The summed E-state index contributed by atoms with van der Waals surface area (Å²) in [6, 6.07) is 4.70. The molecule has 1 aromatic carbocycles. The molecule has 3 atom stereocenters. The van der Waals surface area contributed by atoms with Gasteiger partial charge in [-0.25, -0.2) is 0 Å². The molecule has 27 heavy (non-hydrogen) atoms. The number of likely N-dealkylation sites (N-methyl/N-ethyl adjacent to an activating group) is 1. The zero-order valence-electron chi connectivity index (χ0n) is 15.0. The predicted octanol–water partition coefficient (Wildman–Crippen LogP) is 3.96. The lowest BCUT2D eigenvalue weighted by molar-refractivity contribution is -0.148. The number of benzene rings is 1. The number of nitrogens with zero attached hydrogens (tertiary/aromatic N) is 1. The number of amides is 1. The van der Waals surface area contributed by atoms with Crippen molar-refractivity contribution in [1.82, 2.24) is 4.90 Å². The zero-order chi connectivity index (χ0) is 19.8. The van der Waals surface area contributed by atoms with E-state index in [1.165, 1.54) is 31.0 Å². The lowest BCUT2D eigenvalue weighted by atomic mass is 9.84. The SMILES string of the molecule is COC(=O)C1CCC2S/C(=C\c3ccc(C(F)(F)F)cc3)C(=O)N(C)C2C1. The van der Waals surface area contributed by atoms with E-state index in [9.17, 15) is 22.8 Å². The Kier molecular flexibility index (Phi) is 5.55. The minimum absolute atomic E-state index is 0.0508. The fourth-order valence-corrected chi connectivity index (χ4v) is 5.08. The Hall–Kier alpha value is -1.96. The maximum absolute atomic E-state index is 12.7. The van der Waals surface area contributed by atoms with E-state index in [-0.39, 0.29) is 29.1 Å². The molecule has 3 unspecified atom stereocenters. The van der Waals surface area contributed by atoms with Crippen molar-refractivity contribution in [3.05, 3.63) is 40.3 Å². The van der Waals surface area contributed by atoms with Crippen molar-refractivity contribution in [3.63, 3.8) is 0 Å². The average Bonchev–Trinajstić information content (AvgIpc) is 2.64. The molecule has 0 bridgehead atoms. The molecule has 2 aliphatic rings. The first-order valence-electron chi connectivity index (χ1n) is 8.61. The van der Waals surface area contributed by atoms with Crippen LogP contribution < -0.4 is 0 Å². The van der Waals surface area contributed by atoms with Crippen LogP contribution in [0.15, 0.2) is 29.2 Å². The molecule has 1 saturated carbocycles. The fourth-order valence-electron chi connectivity index (χ4n) is 3.60. The Bertz CT molecular complexity index is 760. The third kappa shape index (κ3) is 4.15. The summed E-state index contributed by atoms with van der Waals surface area (Å²) in [5.41, 5.74) is -0.167. The maximum Gasteiger partial charge on any atom is 0.416 e. The Morgan fingerprint density at radius 1 is 1.26 bits per heavy atom. The number of thioether (sulfide) groups is 1. The fraction of sp³-hybridized carbons (Fsp3) is 0.474. The average molecular weight is 399 g/mol. The number of methoxy groups -OCH3 is 1. The number of carbonyl (C=O) groups is 2. The smallest absolute Gasteiger partial charge is 0.416 e. The number of fused-ring (bicyclic) bond motifs is 1. The largest absolute Gasteiger partial charge is 0.469 e. The molecular formula is C19H20F3NO3S. The predicted molar refractivity (Wildman–Crippen MR) is 96.7 cm³/mol. The van der Waals surface area contributed by atoms with Crippen molar-refractivity contribution in [2.45, 2.75) is 36.7 Å². The van der Waals surface area contributed by atoms with Crippen molar-refractivity contribution in [2.24, 2.45) is 5.92 Å². The molecule has 8 heteroatoms. The second-order valence-electron chi connectivity index (χ2n) is 6.80. The van der Waals surface area contributed by atoms with Gasteiger partial charge in [0.2, 0.25) is 0 Å². The molecule has 3 rings (SSSR count). The molecule has 0 radical (unpaired) electrons. The van der Waals surface area contributed by atoms with Crippen LogP contribution in [-0.2, 0) is 20.5 Å². The first kappa shape index (κ1) is 19.8. The molecule has 1 aliphatic carbocycles. The van der Waals surface area contributed by atoms with Crippen LogP contribution >= 0.6 is 11.8 Å². The van der Waals surface area contributed by atoms with Gasteiger partial charge >= 0.3 is 12.1 Å². The van der Waals surface area contributed by atoms with Gasteiger partial charge in [0.15, 0.2) is 0 Å². The van der Waals surface area contributed by atoms with Crippen molar-refractivity contribution in [3.8, 4) is 0 Å². The normalized spacial score (nSPS) is 27.4. The molecule has 146 valence electrons. The van der Waals surface area contributed by atoms with Gasteiger partial charge in [0.05, 0.1) is 23.5 Å². The maximum atomic E-state index is 12.7. The van der Waals surface area contributed by atoms with E-state index in [0.717, 1.165) is 18.6 Å². The zero-order valence-corrected chi connectivity index (χ0v) is 15.8. The van der Waals surface area contributed by atoms with E-state index >= 15 is 0 Å². The highest BCUT2D eigenvalue weighted by molar-refractivity contribution is 8.04. The van der Waals surface area contributed by atoms with E-state index in [0.29, 0.717) is 23.3 Å². The molecule has 1 saturated heterocycles. The van der Waals surface area contributed by atoms with Crippen molar-refractivity contribution < 1.29 is 27.5 Å². The molecule has 1 aliphatic heterocycles. The van der Waals surface area contributed by atoms with Crippen LogP contribution in [0.5, 0.6) is 0 Å². The summed E-state index contributed by atoms with van der Waals surface area (Å²) >= 11 is 1.45. The van der Waals surface area contributed by atoms with Gasteiger partial charge < -0.3 is 9.64 Å². The molecular weight excluding hydrogens is 379 g/mol. The van der Waals surface area contributed by atoms with Crippen LogP contribution in [0.2, 0.25) is 0 Å². The standard InChI is InChI=1S/C19H20F3NO3S/c1-23-14-10-12(18(25)26-2)5-8-15(14)27-16(17(23)24)9-11-3-6-13(7-4-11)19(20,21)22/h3-4,6-7,9,12,14-15H,5,8,10H2,1-2H3/b16-9-. The molecule has 1 aromatic rings. The summed E-state index contributed by atoms with van der Waals surface area (Å²) in [6.45, 7) is 0. The molecule has 1 heterocycles. The summed E-state index contributed by atoms with van der Waals surface area (Å²) in [7, 11) is 3.07. The first-order chi connectivity index (χ1) is 12.7. The van der Waals surface area contributed by atoms with Gasteiger partial charge in [0, 0.05) is 18.3 Å². The van der Waals surface area contributed by atoms with Crippen LogP contribution in [0.3, 0.4) is 0 Å². The summed E-state index contributed by atoms with van der Waals surface area (Å²) in [5.74, 6) is -0.621. The number of hydrogen-bond acceptors (Lipinski definition) is 4. The van der Waals surface area contributed by atoms with Gasteiger partial charge in [-0.3, -0.25) is 9.59 Å². The van der Waals surface area contributed by atoms with Gasteiger partial charge in [0.25, 0.3) is 5.91 Å². The number of rotatable bonds is 2. The van der Waals surface area contributed by atoms with Gasteiger partial charge in [-0.1, -0.05) is 12.1 Å². The third-order valence-electron chi connectivity index (χ3n) is 5.13. The molecule has 2 fully saturated rings. The van der Waals surface area contributed by atoms with Crippen molar-refractivity contribution >= 4 is 29.7 Å². The summed E-state index contributed by atoms with van der Waals surface area (Å²) in [6.07, 6.45) is -0.702. The van der Waals surface area contributed by atoms with Crippen LogP contribution in [0.4, 0.5) is 13.2 Å². The Labute approximate surface area is 159 Å². The topological polar surface area (TPSA) is 46.6 Å². The summed E-state index contributed by atoms with van der Waals surface area (Å²) < 4.78 is 42.9.